The monoisotopic (exact) mass is 415 g/mol. The van der Waals surface area contributed by atoms with Crippen molar-refractivity contribution < 1.29 is 23.0 Å². The van der Waals surface area contributed by atoms with Crippen LogP contribution in [-0.4, -0.2) is 30.5 Å². The minimum atomic E-state index is -2.93. The highest BCUT2D eigenvalue weighted by molar-refractivity contribution is 8.14. The van der Waals surface area contributed by atoms with Crippen LogP contribution in [0.1, 0.15) is 5.56 Å². The molecule has 1 heterocycles. The zero-order valence-electron chi connectivity index (χ0n) is 15.2. The van der Waals surface area contributed by atoms with Gasteiger partial charge in [-0.05, 0) is 48.0 Å². The number of benzene rings is 2. The van der Waals surface area contributed by atoms with Crippen LogP contribution in [0.25, 0.3) is 6.08 Å². The third kappa shape index (κ3) is 4.92. The van der Waals surface area contributed by atoms with Gasteiger partial charge in [0.25, 0.3) is 5.91 Å². The Hall–Kier alpha value is -3.38. The highest BCUT2D eigenvalue weighted by atomic mass is 32.2. The summed E-state index contributed by atoms with van der Waals surface area (Å²) in [5.74, 6) is 0.383. The number of thioether (sulfide) groups is 1. The number of carbonyl (C=O) groups is 1. The van der Waals surface area contributed by atoms with Gasteiger partial charge in [-0.1, -0.05) is 23.9 Å². The molecule has 1 aliphatic rings. The van der Waals surface area contributed by atoms with Crippen LogP contribution >= 0.6 is 11.8 Å². The summed E-state index contributed by atoms with van der Waals surface area (Å²) in [4.78, 5) is 18.6. The van der Waals surface area contributed by atoms with Crippen molar-refractivity contribution in [2.75, 3.05) is 17.8 Å². The first-order chi connectivity index (χ1) is 14.0. The number of halogens is 2. The Morgan fingerprint density at radius 1 is 1.17 bits per heavy atom. The van der Waals surface area contributed by atoms with Crippen LogP contribution in [0, 0.1) is 11.3 Å². The van der Waals surface area contributed by atoms with Crippen LogP contribution in [0.4, 0.5) is 14.5 Å². The molecule has 148 valence electrons. The van der Waals surface area contributed by atoms with E-state index in [-0.39, 0.29) is 23.1 Å². The molecule has 0 atom stereocenters. The molecule has 2 aromatic rings. The van der Waals surface area contributed by atoms with Crippen LogP contribution < -0.4 is 14.4 Å². The van der Waals surface area contributed by atoms with Gasteiger partial charge in [-0.2, -0.15) is 14.0 Å². The number of nitrogens with zero attached hydrogens (tertiary/aromatic N) is 3. The second-order valence-corrected chi connectivity index (χ2v) is 6.60. The largest absolute Gasteiger partial charge is 0.497 e. The van der Waals surface area contributed by atoms with E-state index >= 15 is 0 Å². The summed E-state index contributed by atoms with van der Waals surface area (Å²) >= 11 is 1.11. The van der Waals surface area contributed by atoms with Crippen molar-refractivity contribution in [3.8, 4) is 17.6 Å². The zero-order valence-corrected chi connectivity index (χ0v) is 16.0. The molecule has 1 amide bonds. The minimum Gasteiger partial charge on any atom is -0.497 e. The van der Waals surface area contributed by atoms with Gasteiger partial charge in [-0.3, -0.25) is 9.69 Å². The fraction of sp³-hybridized carbons (Fsp3) is 0.150. The molecular formula is C20H15F2N3O3S. The molecule has 1 aliphatic heterocycles. The van der Waals surface area contributed by atoms with Gasteiger partial charge < -0.3 is 9.47 Å². The van der Waals surface area contributed by atoms with Gasteiger partial charge in [0.1, 0.15) is 17.2 Å². The van der Waals surface area contributed by atoms with Crippen molar-refractivity contribution >= 4 is 34.6 Å². The smallest absolute Gasteiger partial charge is 0.387 e. The van der Waals surface area contributed by atoms with Crippen molar-refractivity contribution in [3.63, 3.8) is 0 Å². The van der Waals surface area contributed by atoms with Crippen LogP contribution in [-0.2, 0) is 4.79 Å². The molecular weight excluding hydrogens is 400 g/mol. The van der Waals surface area contributed by atoms with Gasteiger partial charge in [0.2, 0.25) is 0 Å². The number of amides is 1. The first-order valence-corrected chi connectivity index (χ1v) is 9.34. The molecule has 0 aliphatic carbocycles. The average molecular weight is 415 g/mol. The van der Waals surface area contributed by atoms with Crippen LogP contribution in [0.15, 0.2) is 59.2 Å². The highest BCUT2D eigenvalue weighted by Crippen LogP contribution is 2.31. The van der Waals surface area contributed by atoms with Crippen molar-refractivity contribution in [2.24, 2.45) is 4.99 Å². The van der Waals surface area contributed by atoms with E-state index in [9.17, 15) is 13.6 Å². The lowest BCUT2D eigenvalue weighted by Gasteiger charge is -2.17. The number of methoxy groups -OCH3 is 1. The average Bonchev–Trinajstić information content (AvgIpc) is 3.02. The molecule has 0 radical (unpaired) electrons. The molecule has 0 saturated heterocycles. The Morgan fingerprint density at radius 3 is 2.41 bits per heavy atom. The maximum absolute atomic E-state index is 12.9. The predicted molar refractivity (Wildman–Crippen MR) is 107 cm³/mol. The molecule has 0 spiro atoms. The van der Waals surface area contributed by atoms with E-state index in [1.165, 1.54) is 29.2 Å². The quantitative estimate of drug-likeness (QED) is 0.658. The normalized spacial score (nSPS) is 14.9. The van der Waals surface area contributed by atoms with Gasteiger partial charge in [-0.15, -0.1) is 0 Å². The number of nitriles is 1. The first kappa shape index (κ1) is 20.4. The molecule has 6 nitrogen and oxygen atoms in total. The lowest BCUT2D eigenvalue weighted by molar-refractivity contribution is -0.113. The fourth-order valence-electron chi connectivity index (χ4n) is 2.55. The number of alkyl halides is 2. The number of ether oxygens (including phenoxy) is 2. The second-order valence-electron chi connectivity index (χ2n) is 5.66. The summed E-state index contributed by atoms with van der Waals surface area (Å²) < 4.78 is 34.1. The molecule has 0 N–H and O–H groups in total. The standard InChI is InChI=1S/C20H15F2N3O3S/c1-27-15-6-2-13(3-7-15)12-17-18(26)25(20(24-17)29-11-10-23)14-4-8-16(9-5-14)28-19(21)22/h2-9,12,19H,11H2,1H3/b17-12-. The molecule has 0 saturated carbocycles. The molecule has 0 aromatic heterocycles. The molecule has 9 heteroatoms. The number of amidine groups is 1. The number of hydrogen-bond donors (Lipinski definition) is 0. The van der Waals surface area contributed by atoms with Crippen LogP contribution in [0.2, 0.25) is 0 Å². The minimum absolute atomic E-state index is 0.0208. The summed E-state index contributed by atoms with van der Waals surface area (Å²) in [6, 6.07) is 14.7. The van der Waals surface area contributed by atoms with Gasteiger partial charge >= 0.3 is 6.61 Å². The van der Waals surface area contributed by atoms with Crippen molar-refractivity contribution in [1.29, 1.82) is 5.26 Å². The molecule has 0 bridgehead atoms. The lowest BCUT2D eigenvalue weighted by atomic mass is 10.2. The molecule has 29 heavy (non-hydrogen) atoms. The Balaban J connectivity index is 1.90. The Labute approximate surface area is 170 Å². The van der Waals surface area contributed by atoms with E-state index in [4.69, 9.17) is 10.00 Å². The van der Waals surface area contributed by atoms with Gasteiger partial charge in [0.15, 0.2) is 5.17 Å². The summed E-state index contributed by atoms with van der Waals surface area (Å²) in [5, 5.41) is 9.21. The molecule has 2 aromatic carbocycles. The van der Waals surface area contributed by atoms with E-state index in [0.717, 1.165) is 17.3 Å². The maximum Gasteiger partial charge on any atom is 0.387 e. The Kier molecular flexibility index (Phi) is 6.46. The Bertz CT molecular complexity index is 984. The van der Waals surface area contributed by atoms with Gasteiger partial charge in [0, 0.05) is 0 Å². The van der Waals surface area contributed by atoms with Crippen LogP contribution in [0.3, 0.4) is 0 Å². The van der Waals surface area contributed by atoms with E-state index in [1.54, 1.807) is 37.5 Å². The molecule has 0 fully saturated rings. The topological polar surface area (TPSA) is 74.9 Å². The van der Waals surface area contributed by atoms with Crippen molar-refractivity contribution in [3.05, 3.63) is 59.8 Å². The second kappa shape index (κ2) is 9.21. The summed E-state index contributed by atoms with van der Waals surface area (Å²) in [6.07, 6.45) is 1.63. The highest BCUT2D eigenvalue weighted by Gasteiger charge is 2.32. The number of rotatable bonds is 6. The zero-order chi connectivity index (χ0) is 20.8. The number of anilines is 1. The first-order valence-electron chi connectivity index (χ1n) is 8.35. The van der Waals surface area contributed by atoms with E-state index in [2.05, 4.69) is 9.73 Å². The summed E-state index contributed by atoms with van der Waals surface area (Å²) in [7, 11) is 1.56. The van der Waals surface area contributed by atoms with Crippen molar-refractivity contribution in [2.45, 2.75) is 6.61 Å². The third-order valence-corrected chi connectivity index (χ3v) is 4.64. The van der Waals surface area contributed by atoms with Crippen LogP contribution in [0.5, 0.6) is 11.5 Å². The third-order valence-electron chi connectivity index (χ3n) is 3.83. The number of hydrogen-bond acceptors (Lipinski definition) is 6. The summed E-state index contributed by atoms with van der Waals surface area (Å²) in [6.45, 7) is -2.93. The fourth-order valence-corrected chi connectivity index (χ4v) is 3.23. The predicted octanol–water partition coefficient (Wildman–Crippen LogP) is 4.30. The van der Waals surface area contributed by atoms with E-state index in [0.29, 0.717) is 16.6 Å². The lowest BCUT2D eigenvalue weighted by Crippen LogP contribution is -2.30. The molecule has 0 unspecified atom stereocenters. The molecule has 3 rings (SSSR count). The van der Waals surface area contributed by atoms with Crippen molar-refractivity contribution in [1.82, 2.24) is 0 Å². The maximum atomic E-state index is 12.9. The SMILES string of the molecule is COc1ccc(/C=C2\N=C(SCC#N)N(c3ccc(OC(F)F)cc3)C2=O)cc1. The van der Waals surface area contributed by atoms with Gasteiger partial charge in [0.05, 0.1) is 24.6 Å². The summed E-state index contributed by atoms with van der Waals surface area (Å²) in [5.41, 5.74) is 1.38. The van der Waals surface area contributed by atoms with Gasteiger partial charge in [-0.25, -0.2) is 4.99 Å². The van der Waals surface area contributed by atoms with E-state index in [1.807, 2.05) is 6.07 Å². The van der Waals surface area contributed by atoms with E-state index < -0.39 is 6.61 Å². The number of aliphatic imine (C=N–C) groups is 1. The Morgan fingerprint density at radius 2 is 1.83 bits per heavy atom. The number of carbonyl (C=O) groups excluding carboxylic acids is 1.